The Morgan fingerprint density at radius 1 is 1.45 bits per heavy atom. The number of anilines is 1. The lowest BCUT2D eigenvalue weighted by Crippen LogP contribution is -2.10. The fourth-order valence-corrected chi connectivity index (χ4v) is 2.17. The van der Waals surface area contributed by atoms with E-state index in [0.717, 1.165) is 22.7 Å². The highest BCUT2D eigenvalue weighted by molar-refractivity contribution is 5.88. The molecule has 2 heterocycles. The van der Waals surface area contributed by atoms with Gasteiger partial charge in [-0.05, 0) is 32.9 Å². The van der Waals surface area contributed by atoms with Crippen molar-refractivity contribution in [1.29, 1.82) is 0 Å². The summed E-state index contributed by atoms with van der Waals surface area (Å²) in [7, 11) is 1.33. The van der Waals surface area contributed by atoms with Crippen LogP contribution in [0.1, 0.15) is 40.5 Å². The van der Waals surface area contributed by atoms with Gasteiger partial charge in [0, 0.05) is 17.4 Å². The highest BCUT2D eigenvalue weighted by Gasteiger charge is 2.17. The number of pyridine rings is 1. The van der Waals surface area contributed by atoms with Crippen molar-refractivity contribution >= 4 is 11.7 Å². The molecule has 2 aromatic rings. The highest BCUT2D eigenvalue weighted by Crippen LogP contribution is 2.24. The van der Waals surface area contributed by atoms with Gasteiger partial charge in [0.2, 0.25) is 0 Å². The molecule has 6 nitrogen and oxygen atoms in total. The van der Waals surface area contributed by atoms with E-state index >= 15 is 0 Å². The molecule has 0 aliphatic rings. The number of carbonyl (C=O) groups is 1. The predicted octanol–water partition coefficient (Wildman–Crippen LogP) is 2.65. The maximum absolute atomic E-state index is 11.5. The lowest BCUT2D eigenvalue weighted by molar-refractivity contribution is 0.0594. The van der Waals surface area contributed by atoms with Gasteiger partial charge >= 0.3 is 5.97 Å². The molecule has 0 bridgehead atoms. The molecule has 1 unspecified atom stereocenters. The standard InChI is InChI=1S/C14H17N3O3/c1-8(13-9(2)17-20-10(13)3)16-11-5-6-15-12(7-11)14(18)19-4/h5-8H,1-4H3,(H,15,16). The van der Waals surface area contributed by atoms with Crippen molar-refractivity contribution in [3.63, 3.8) is 0 Å². The number of rotatable bonds is 4. The third kappa shape index (κ3) is 2.79. The van der Waals surface area contributed by atoms with Gasteiger partial charge < -0.3 is 14.6 Å². The number of hydrogen-bond donors (Lipinski definition) is 1. The minimum Gasteiger partial charge on any atom is -0.464 e. The van der Waals surface area contributed by atoms with E-state index in [9.17, 15) is 4.79 Å². The highest BCUT2D eigenvalue weighted by atomic mass is 16.5. The first-order chi connectivity index (χ1) is 9.52. The van der Waals surface area contributed by atoms with Crippen molar-refractivity contribution in [2.24, 2.45) is 0 Å². The number of nitrogens with zero attached hydrogens (tertiary/aromatic N) is 2. The van der Waals surface area contributed by atoms with Gasteiger partial charge in [0.05, 0.1) is 18.8 Å². The third-order valence-electron chi connectivity index (χ3n) is 3.06. The quantitative estimate of drug-likeness (QED) is 0.864. The molecule has 0 saturated carbocycles. The molecule has 0 radical (unpaired) electrons. The first-order valence-corrected chi connectivity index (χ1v) is 6.26. The number of hydrogen-bond acceptors (Lipinski definition) is 6. The summed E-state index contributed by atoms with van der Waals surface area (Å²) in [4.78, 5) is 15.4. The van der Waals surface area contributed by atoms with Crippen LogP contribution in [0.4, 0.5) is 5.69 Å². The van der Waals surface area contributed by atoms with Gasteiger partial charge in [0.1, 0.15) is 11.5 Å². The van der Waals surface area contributed by atoms with E-state index in [-0.39, 0.29) is 11.7 Å². The van der Waals surface area contributed by atoms with Gasteiger partial charge in [0.15, 0.2) is 0 Å². The van der Waals surface area contributed by atoms with Gasteiger partial charge in [-0.3, -0.25) is 0 Å². The van der Waals surface area contributed by atoms with E-state index in [1.54, 1.807) is 18.3 Å². The smallest absolute Gasteiger partial charge is 0.356 e. The van der Waals surface area contributed by atoms with E-state index in [1.807, 2.05) is 20.8 Å². The molecule has 20 heavy (non-hydrogen) atoms. The molecule has 0 saturated heterocycles. The molecule has 0 spiro atoms. The van der Waals surface area contributed by atoms with E-state index in [1.165, 1.54) is 7.11 Å². The monoisotopic (exact) mass is 275 g/mol. The van der Waals surface area contributed by atoms with Crippen LogP contribution in [-0.4, -0.2) is 23.2 Å². The van der Waals surface area contributed by atoms with Crippen molar-refractivity contribution < 1.29 is 14.1 Å². The lowest BCUT2D eigenvalue weighted by atomic mass is 10.1. The normalized spacial score (nSPS) is 12.0. The molecule has 0 aliphatic carbocycles. The second-order valence-electron chi connectivity index (χ2n) is 4.53. The number of nitrogens with one attached hydrogen (secondary N) is 1. The zero-order chi connectivity index (χ0) is 14.7. The number of aryl methyl sites for hydroxylation is 2. The number of carbonyl (C=O) groups excluding carboxylic acids is 1. The Bertz CT molecular complexity index is 602. The Kier molecular flexibility index (Phi) is 4.02. The number of aromatic nitrogens is 2. The van der Waals surface area contributed by atoms with Crippen molar-refractivity contribution in [2.75, 3.05) is 12.4 Å². The van der Waals surface area contributed by atoms with E-state index < -0.39 is 5.97 Å². The predicted molar refractivity (Wildman–Crippen MR) is 73.6 cm³/mol. The molecule has 1 atom stereocenters. The molecule has 6 heteroatoms. The fraction of sp³-hybridized carbons (Fsp3) is 0.357. The summed E-state index contributed by atoms with van der Waals surface area (Å²) in [6, 6.07) is 3.45. The minimum absolute atomic E-state index is 0.00847. The second kappa shape index (κ2) is 5.73. The number of methoxy groups -OCH3 is 1. The molecule has 1 N–H and O–H groups in total. The maximum Gasteiger partial charge on any atom is 0.356 e. The van der Waals surface area contributed by atoms with Gasteiger partial charge in [-0.25, -0.2) is 9.78 Å². The zero-order valence-corrected chi connectivity index (χ0v) is 11.9. The summed E-state index contributed by atoms with van der Waals surface area (Å²) in [5.74, 6) is 0.323. The Hall–Kier alpha value is -2.37. The van der Waals surface area contributed by atoms with Crippen LogP contribution in [0.3, 0.4) is 0 Å². The fourth-order valence-electron chi connectivity index (χ4n) is 2.17. The summed E-state index contributed by atoms with van der Waals surface area (Å²) in [5.41, 5.74) is 2.92. The van der Waals surface area contributed by atoms with Crippen LogP contribution in [0.5, 0.6) is 0 Å². The number of esters is 1. The topological polar surface area (TPSA) is 77.2 Å². The van der Waals surface area contributed by atoms with Crippen molar-refractivity contribution in [1.82, 2.24) is 10.1 Å². The van der Waals surface area contributed by atoms with Crippen LogP contribution in [-0.2, 0) is 4.74 Å². The Labute approximate surface area is 117 Å². The van der Waals surface area contributed by atoms with Gasteiger partial charge in [-0.2, -0.15) is 0 Å². The summed E-state index contributed by atoms with van der Waals surface area (Å²) in [5, 5.41) is 7.23. The van der Waals surface area contributed by atoms with Crippen LogP contribution in [0.25, 0.3) is 0 Å². The van der Waals surface area contributed by atoms with E-state index in [0.29, 0.717) is 0 Å². The molecular formula is C14H17N3O3. The second-order valence-corrected chi connectivity index (χ2v) is 4.53. The van der Waals surface area contributed by atoms with Crippen molar-refractivity contribution in [2.45, 2.75) is 26.8 Å². The van der Waals surface area contributed by atoms with Gasteiger partial charge in [-0.1, -0.05) is 5.16 Å². The summed E-state index contributed by atoms with van der Waals surface area (Å²) < 4.78 is 9.81. The molecule has 0 aromatic carbocycles. The Morgan fingerprint density at radius 3 is 2.80 bits per heavy atom. The van der Waals surface area contributed by atoms with Crippen LogP contribution in [0.2, 0.25) is 0 Å². The molecule has 0 fully saturated rings. The van der Waals surface area contributed by atoms with Crippen LogP contribution >= 0.6 is 0 Å². The van der Waals surface area contributed by atoms with Crippen LogP contribution in [0.15, 0.2) is 22.9 Å². The molecule has 2 rings (SSSR count). The Morgan fingerprint density at radius 2 is 2.20 bits per heavy atom. The molecule has 2 aromatic heterocycles. The lowest BCUT2D eigenvalue weighted by Gasteiger charge is -2.15. The van der Waals surface area contributed by atoms with Gasteiger partial charge in [-0.15, -0.1) is 0 Å². The maximum atomic E-state index is 11.5. The van der Waals surface area contributed by atoms with E-state index in [4.69, 9.17) is 4.52 Å². The molecule has 106 valence electrons. The van der Waals surface area contributed by atoms with E-state index in [2.05, 4.69) is 20.2 Å². The van der Waals surface area contributed by atoms with Crippen molar-refractivity contribution in [3.8, 4) is 0 Å². The average Bonchev–Trinajstić information content (AvgIpc) is 2.77. The molecular weight excluding hydrogens is 258 g/mol. The van der Waals surface area contributed by atoms with Crippen LogP contribution in [0, 0.1) is 13.8 Å². The minimum atomic E-state index is -0.460. The SMILES string of the molecule is COC(=O)c1cc(NC(C)c2c(C)noc2C)ccn1. The summed E-state index contributed by atoms with van der Waals surface area (Å²) >= 11 is 0. The molecule has 0 amide bonds. The first-order valence-electron chi connectivity index (χ1n) is 6.26. The average molecular weight is 275 g/mol. The zero-order valence-electron chi connectivity index (χ0n) is 11.9. The first kappa shape index (κ1) is 14.0. The van der Waals surface area contributed by atoms with Gasteiger partial charge in [0.25, 0.3) is 0 Å². The summed E-state index contributed by atoms with van der Waals surface area (Å²) in [6.45, 7) is 5.78. The number of ether oxygens (including phenoxy) is 1. The Balaban J connectivity index is 2.20. The van der Waals surface area contributed by atoms with Crippen molar-refractivity contribution in [3.05, 3.63) is 41.0 Å². The largest absolute Gasteiger partial charge is 0.464 e. The summed E-state index contributed by atoms with van der Waals surface area (Å²) in [6.07, 6.45) is 1.56. The molecule has 0 aliphatic heterocycles. The van der Waals surface area contributed by atoms with Crippen LogP contribution < -0.4 is 5.32 Å². The third-order valence-corrected chi connectivity index (χ3v) is 3.06.